The zero-order valence-corrected chi connectivity index (χ0v) is 10.4. The third-order valence-corrected chi connectivity index (χ3v) is 3.56. The molecule has 5 atom stereocenters. The van der Waals surface area contributed by atoms with Crippen LogP contribution in [0.3, 0.4) is 0 Å². The van der Waals surface area contributed by atoms with Crippen LogP contribution in [0.1, 0.15) is 6.42 Å². The van der Waals surface area contributed by atoms with Gasteiger partial charge in [0.15, 0.2) is 0 Å². The Morgan fingerprint density at radius 2 is 1.94 bits per heavy atom. The number of aliphatic hydroxyl groups excluding tert-OH is 3. The quantitative estimate of drug-likeness (QED) is 0.224. The molecule has 0 aromatic rings. The molecule has 0 aliphatic carbocycles. The molecule has 1 aliphatic heterocycles. The Labute approximate surface area is 107 Å². The Morgan fingerprint density at radius 3 is 2.39 bits per heavy atom. The third kappa shape index (κ3) is 3.12. The molecule has 0 aromatic heterocycles. The number of hydrogen-bond acceptors (Lipinski definition) is 8. The lowest BCUT2D eigenvalue weighted by molar-refractivity contribution is -0.195. The van der Waals surface area contributed by atoms with E-state index >= 15 is 0 Å². The summed E-state index contributed by atoms with van der Waals surface area (Å²) in [4.78, 5) is 10.9. The molecular weight excluding hydrogens is 264 g/mol. The predicted octanol–water partition coefficient (Wildman–Crippen LogP) is -2.14. The maximum atomic E-state index is 10.9. The summed E-state index contributed by atoms with van der Waals surface area (Å²) in [5.41, 5.74) is 3.83. The number of ether oxygens (including phenoxy) is 1. The number of nitrogens with zero attached hydrogens (tertiary/aromatic N) is 1. The van der Waals surface area contributed by atoms with Gasteiger partial charge in [0, 0.05) is 6.42 Å². The van der Waals surface area contributed by atoms with Crippen LogP contribution in [0.2, 0.25) is 0 Å². The van der Waals surface area contributed by atoms with E-state index in [0.29, 0.717) is 0 Å². The maximum absolute atomic E-state index is 10.9. The lowest BCUT2D eigenvalue weighted by Crippen LogP contribution is -2.57. The van der Waals surface area contributed by atoms with Crippen molar-refractivity contribution in [3.05, 3.63) is 0 Å². The summed E-state index contributed by atoms with van der Waals surface area (Å²) in [7, 11) is 0. The van der Waals surface area contributed by atoms with Gasteiger partial charge in [-0.05, 0) is 6.26 Å². The van der Waals surface area contributed by atoms with Gasteiger partial charge in [-0.25, -0.2) is 0 Å². The standard InChI is InChI=1S/C9H16N2O6S/c1-18-9-7(14)6(13)5(12)4(17-9)2-3(11-16)8(10)15/h4-7,9,12-14,16H,2H2,1H3,(H2,10,15). The van der Waals surface area contributed by atoms with E-state index in [4.69, 9.17) is 15.7 Å². The molecule has 1 aliphatic rings. The van der Waals surface area contributed by atoms with Gasteiger partial charge < -0.3 is 31.0 Å². The highest BCUT2D eigenvalue weighted by Crippen LogP contribution is 2.28. The van der Waals surface area contributed by atoms with E-state index in [2.05, 4.69) is 5.16 Å². The molecule has 104 valence electrons. The zero-order chi connectivity index (χ0) is 13.9. The predicted molar refractivity (Wildman–Crippen MR) is 63.2 cm³/mol. The average Bonchev–Trinajstić information content (AvgIpc) is 2.35. The molecule has 0 spiro atoms. The highest BCUT2D eigenvalue weighted by molar-refractivity contribution is 7.99. The lowest BCUT2D eigenvalue weighted by Gasteiger charge is -2.39. The summed E-state index contributed by atoms with van der Waals surface area (Å²) in [6.07, 6.45) is -3.64. The number of thioether (sulfide) groups is 1. The first-order valence-electron chi connectivity index (χ1n) is 5.15. The summed E-state index contributed by atoms with van der Waals surface area (Å²) in [6.45, 7) is 0. The highest BCUT2D eigenvalue weighted by Gasteiger charge is 2.44. The second-order valence-corrected chi connectivity index (χ2v) is 4.80. The molecule has 1 fully saturated rings. The number of hydrogen-bond donors (Lipinski definition) is 5. The Hall–Kier alpha value is -0.870. The first-order chi connectivity index (χ1) is 8.42. The Balaban J connectivity index is 2.79. The van der Waals surface area contributed by atoms with Gasteiger partial charge in [-0.1, -0.05) is 5.16 Å². The van der Waals surface area contributed by atoms with Crippen LogP contribution in [-0.4, -0.2) is 68.3 Å². The smallest absolute Gasteiger partial charge is 0.266 e. The summed E-state index contributed by atoms with van der Waals surface area (Å²) in [5.74, 6) is -0.949. The van der Waals surface area contributed by atoms with Crippen LogP contribution in [0, 0.1) is 0 Å². The van der Waals surface area contributed by atoms with Gasteiger partial charge in [-0.3, -0.25) is 4.79 Å². The van der Waals surface area contributed by atoms with Crippen molar-refractivity contribution in [1.29, 1.82) is 0 Å². The molecule has 18 heavy (non-hydrogen) atoms. The molecule has 0 bridgehead atoms. The highest BCUT2D eigenvalue weighted by atomic mass is 32.2. The molecule has 9 heteroatoms. The molecule has 0 aromatic carbocycles. The molecular formula is C9H16N2O6S. The second-order valence-electron chi connectivity index (χ2n) is 3.87. The Kier molecular flexibility index (Phi) is 5.35. The summed E-state index contributed by atoms with van der Waals surface area (Å²) in [6, 6.07) is 0. The molecule has 8 nitrogen and oxygen atoms in total. The minimum atomic E-state index is -1.41. The lowest BCUT2D eigenvalue weighted by atomic mass is 9.96. The number of carbonyl (C=O) groups is 1. The fourth-order valence-electron chi connectivity index (χ4n) is 1.66. The van der Waals surface area contributed by atoms with Crippen molar-refractivity contribution in [2.24, 2.45) is 10.9 Å². The van der Waals surface area contributed by atoms with Crippen molar-refractivity contribution in [3.8, 4) is 0 Å². The van der Waals surface area contributed by atoms with Gasteiger partial charge in [0.05, 0.1) is 6.10 Å². The van der Waals surface area contributed by atoms with E-state index in [-0.39, 0.29) is 12.1 Å². The Bertz CT molecular complexity index is 337. The average molecular weight is 280 g/mol. The molecule has 1 heterocycles. The summed E-state index contributed by atoms with van der Waals surface area (Å²) < 4.78 is 5.32. The van der Waals surface area contributed by atoms with Crippen molar-refractivity contribution < 1.29 is 30.1 Å². The summed E-state index contributed by atoms with van der Waals surface area (Å²) >= 11 is 1.14. The van der Waals surface area contributed by atoms with Gasteiger partial charge >= 0.3 is 0 Å². The van der Waals surface area contributed by atoms with Crippen molar-refractivity contribution >= 4 is 23.4 Å². The fraction of sp³-hybridized carbons (Fsp3) is 0.778. The number of rotatable bonds is 4. The van der Waals surface area contributed by atoms with Gasteiger partial charge in [-0.2, -0.15) is 0 Å². The normalized spacial score (nSPS) is 37.6. The van der Waals surface area contributed by atoms with E-state index in [1.54, 1.807) is 6.26 Å². The third-order valence-electron chi connectivity index (χ3n) is 2.70. The second kappa shape index (κ2) is 6.34. The molecule has 6 N–H and O–H groups in total. The molecule has 1 rings (SSSR count). The van der Waals surface area contributed by atoms with Crippen LogP contribution >= 0.6 is 11.8 Å². The van der Waals surface area contributed by atoms with Crippen LogP contribution in [0.15, 0.2) is 5.16 Å². The largest absolute Gasteiger partial charge is 0.410 e. The number of oxime groups is 1. The van der Waals surface area contributed by atoms with Crippen molar-refractivity contribution in [3.63, 3.8) is 0 Å². The van der Waals surface area contributed by atoms with Gasteiger partial charge in [0.1, 0.15) is 29.5 Å². The number of aliphatic hydroxyl groups is 3. The number of carbonyl (C=O) groups excluding carboxylic acids is 1. The fourth-order valence-corrected chi connectivity index (χ4v) is 2.35. The monoisotopic (exact) mass is 280 g/mol. The molecule has 0 radical (unpaired) electrons. The van der Waals surface area contributed by atoms with Crippen LogP contribution in [0.4, 0.5) is 0 Å². The van der Waals surface area contributed by atoms with Crippen LogP contribution < -0.4 is 5.73 Å². The van der Waals surface area contributed by atoms with Crippen molar-refractivity contribution in [2.75, 3.05) is 6.26 Å². The van der Waals surface area contributed by atoms with E-state index in [0.717, 1.165) is 11.8 Å². The van der Waals surface area contributed by atoms with E-state index in [9.17, 15) is 20.1 Å². The van der Waals surface area contributed by atoms with E-state index < -0.39 is 35.8 Å². The molecule has 0 saturated carbocycles. The van der Waals surface area contributed by atoms with Crippen molar-refractivity contribution in [2.45, 2.75) is 36.3 Å². The number of nitrogens with two attached hydrogens (primary N) is 1. The minimum Gasteiger partial charge on any atom is -0.410 e. The van der Waals surface area contributed by atoms with Crippen LogP contribution in [-0.2, 0) is 9.53 Å². The molecule has 1 saturated heterocycles. The first-order valence-corrected chi connectivity index (χ1v) is 6.44. The number of primary amides is 1. The molecule has 1 amide bonds. The van der Waals surface area contributed by atoms with Crippen LogP contribution in [0.5, 0.6) is 0 Å². The summed E-state index contributed by atoms with van der Waals surface area (Å²) in [5, 5.41) is 40.2. The topological polar surface area (TPSA) is 146 Å². The number of amides is 1. The molecule has 5 unspecified atom stereocenters. The van der Waals surface area contributed by atoms with E-state index in [1.807, 2.05) is 0 Å². The van der Waals surface area contributed by atoms with Crippen molar-refractivity contribution in [1.82, 2.24) is 0 Å². The minimum absolute atomic E-state index is 0.256. The van der Waals surface area contributed by atoms with Crippen LogP contribution in [0.25, 0.3) is 0 Å². The van der Waals surface area contributed by atoms with E-state index in [1.165, 1.54) is 0 Å². The van der Waals surface area contributed by atoms with Gasteiger partial charge in [0.25, 0.3) is 5.91 Å². The van der Waals surface area contributed by atoms with Gasteiger partial charge in [-0.15, -0.1) is 11.8 Å². The Morgan fingerprint density at radius 1 is 1.33 bits per heavy atom. The zero-order valence-electron chi connectivity index (χ0n) is 9.63. The SMILES string of the molecule is CSC1OC(CC(=NO)C(N)=O)C(O)C(O)C1O. The maximum Gasteiger partial charge on any atom is 0.266 e. The van der Waals surface area contributed by atoms with Gasteiger partial charge in [0.2, 0.25) is 0 Å². The first kappa shape index (κ1) is 15.2.